The molecule has 0 radical (unpaired) electrons. The van der Waals surface area contributed by atoms with Crippen LogP contribution in [0.4, 0.5) is 0 Å². The standard InChI is InChI=1S/C21H25N3O2S/c1-15-3-5-18(26-15)13-24-9-7-16(8-10-24)12-23(2)21(25)17-4-6-19-20(11-17)27-14-22-19/h3-6,11,14,16H,7-10,12-13H2,1-2H3. The number of nitrogens with zero attached hydrogens (tertiary/aromatic N) is 3. The van der Waals surface area contributed by atoms with Gasteiger partial charge in [-0.1, -0.05) is 0 Å². The molecule has 3 heterocycles. The highest BCUT2D eigenvalue weighted by molar-refractivity contribution is 7.16. The minimum atomic E-state index is 0.0961. The number of thiazole rings is 1. The van der Waals surface area contributed by atoms with Crippen molar-refractivity contribution in [2.75, 3.05) is 26.7 Å². The lowest BCUT2D eigenvalue weighted by atomic mass is 9.96. The number of carbonyl (C=O) groups excluding carboxylic acids is 1. The Morgan fingerprint density at radius 2 is 2.11 bits per heavy atom. The lowest BCUT2D eigenvalue weighted by Gasteiger charge is -2.33. The molecule has 1 fully saturated rings. The van der Waals surface area contributed by atoms with E-state index >= 15 is 0 Å². The summed E-state index contributed by atoms with van der Waals surface area (Å²) >= 11 is 1.57. The van der Waals surface area contributed by atoms with Crippen LogP contribution in [0.2, 0.25) is 0 Å². The molecule has 2 aromatic heterocycles. The van der Waals surface area contributed by atoms with Gasteiger partial charge in [-0.25, -0.2) is 4.98 Å². The van der Waals surface area contributed by atoms with Crippen LogP contribution in [0.1, 0.15) is 34.7 Å². The number of furan rings is 1. The Bertz CT molecular complexity index is 924. The van der Waals surface area contributed by atoms with Crippen molar-refractivity contribution in [1.82, 2.24) is 14.8 Å². The molecule has 1 aliphatic heterocycles. The molecular formula is C21H25N3O2S. The monoisotopic (exact) mass is 383 g/mol. The molecule has 1 aliphatic rings. The van der Waals surface area contributed by atoms with E-state index in [1.54, 1.807) is 11.3 Å². The molecular weight excluding hydrogens is 358 g/mol. The van der Waals surface area contributed by atoms with E-state index in [0.29, 0.717) is 5.92 Å². The predicted molar refractivity (Wildman–Crippen MR) is 108 cm³/mol. The third kappa shape index (κ3) is 4.22. The van der Waals surface area contributed by atoms with Crippen molar-refractivity contribution in [2.24, 2.45) is 5.92 Å². The maximum Gasteiger partial charge on any atom is 0.253 e. The number of aromatic nitrogens is 1. The maximum atomic E-state index is 12.8. The van der Waals surface area contributed by atoms with Crippen molar-refractivity contribution in [1.29, 1.82) is 0 Å². The maximum absolute atomic E-state index is 12.8. The number of carbonyl (C=O) groups is 1. The van der Waals surface area contributed by atoms with Crippen LogP contribution in [0, 0.1) is 12.8 Å². The molecule has 0 saturated carbocycles. The molecule has 4 rings (SSSR count). The summed E-state index contributed by atoms with van der Waals surface area (Å²) in [7, 11) is 1.91. The minimum Gasteiger partial charge on any atom is -0.465 e. The molecule has 0 atom stereocenters. The van der Waals surface area contributed by atoms with Gasteiger partial charge < -0.3 is 9.32 Å². The summed E-state index contributed by atoms with van der Waals surface area (Å²) in [5, 5.41) is 0. The molecule has 1 saturated heterocycles. The first-order chi connectivity index (χ1) is 13.1. The Morgan fingerprint density at radius 3 is 2.85 bits per heavy atom. The Hall–Kier alpha value is -2.18. The summed E-state index contributed by atoms with van der Waals surface area (Å²) in [6.45, 7) is 5.78. The fraction of sp³-hybridized carbons (Fsp3) is 0.429. The summed E-state index contributed by atoms with van der Waals surface area (Å²) < 4.78 is 6.75. The summed E-state index contributed by atoms with van der Waals surface area (Å²) in [5.41, 5.74) is 3.53. The number of rotatable bonds is 5. The molecule has 1 amide bonds. The van der Waals surface area contributed by atoms with E-state index in [0.717, 1.165) is 66.3 Å². The third-order valence-corrected chi connectivity index (χ3v) is 6.13. The third-order valence-electron chi connectivity index (χ3n) is 5.34. The molecule has 5 nitrogen and oxygen atoms in total. The van der Waals surface area contributed by atoms with E-state index in [1.165, 1.54) is 0 Å². The largest absolute Gasteiger partial charge is 0.465 e. The van der Waals surface area contributed by atoms with Crippen molar-refractivity contribution in [3.05, 3.63) is 52.9 Å². The van der Waals surface area contributed by atoms with E-state index in [4.69, 9.17) is 4.42 Å². The van der Waals surface area contributed by atoms with Crippen molar-refractivity contribution in [3.63, 3.8) is 0 Å². The molecule has 0 bridgehead atoms. The number of hydrogen-bond acceptors (Lipinski definition) is 5. The molecule has 3 aromatic rings. The predicted octanol–water partition coefficient (Wildman–Crippen LogP) is 4.18. The van der Waals surface area contributed by atoms with E-state index in [2.05, 4.69) is 16.0 Å². The van der Waals surface area contributed by atoms with E-state index in [9.17, 15) is 4.79 Å². The second-order valence-corrected chi connectivity index (χ2v) is 8.34. The number of benzene rings is 1. The van der Waals surface area contributed by atoms with Gasteiger partial charge in [0.2, 0.25) is 0 Å². The minimum absolute atomic E-state index is 0.0961. The summed E-state index contributed by atoms with van der Waals surface area (Å²) in [6, 6.07) is 9.86. The lowest BCUT2D eigenvalue weighted by molar-refractivity contribution is 0.0735. The van der Waals surface area contributed by atoms with Crippen molar-refractivity contribution < 1.29 is 9.21 Å². The van der Waals surface area contributed by atoms with Crippen LogP contribution >= 0.6 is 11.3 Å². The Balaban J connectivity index is 1.29. The first-order valence-corrected chi connectivity index (χ1v) is 10.3. The first kappa shape index (κ1) is 18.2. The molecule has 142 valence electrons. The van der Waals surface area contributed by atoms with Crippen LogP contribution in [0.5, 0.6) is 0 Å². The van der Waals surface area contributed by atoms with Crippen LogP contribution < -0.4 is 0 Å². The second-order valence-electron chi connectivity index (χ2n) is 7.45. The van der Waals surface area contributed by atoms with Gasteiger partial charge in [0.15, 0.2) is 0 Å². The molecule has 1 aromatic carbocycles. The van der Waals surface area contributed by atoms with Crippen molar-refractivity contribution >= 4 is 27.5 Å². The highest BCUT2D eigenvalue weighted by atomic mass is 32.1. The molecule has 0 spiro atoms. The first-order valence-electron chi connectivity index (χ1n) is 9.45. The van der Waals surface area contributed by atoms with Gasteiger partial charge in [0.05, 0.1) is 22.3 Å². The normalized spacial score (nSPS) is 16.1. The van der Waals surface area contributed by atoms with Crippen molar-refractivity contribution in [2.45, 2.75) is 26.3 Å². The Morgan fingerprint density at radius 1 is 1.30 bits per heavy atom. The Labute approximate surface area is 163 Å². The number of piperidine rings is 1. The number of amides is 1. The fourth-order valence-electron chi connectivity index (χ4n) is 3.80. The lowest BCUT2D eigenvalue weighted by Crippen LogP contribution is -2.39. The molecule has 0 N–H and O–H groups in total. The van der Waals surface area contributed by atoms with E-state index in [1.807, 2.05) is 48.6 Å². The molecule has 0 unspecified atom stereocenters. The highest BCUT2D eigenvalue weighted by Crippen LogP contribution is 2.23. The Kier molecular flexibility index (Phi) is 5.27. The fourth-order valence-corrected chi connectivity index (χ4v) is 4.51. The van der Waals surface area contributed by atoms with Crippen LogP contribution in [0.25, 0.3) is 10.2 Å². The summed E-state index contributed by atoms with van der Waals surface area (Å²) in [6.07, 6.45) is 2.23. The van der Waals surface area contributed by atoms with Gasteiger partial charge >= 0.3 is 0 Å². The highest BCUT2D eigenvalue weighted by Gasteiger charge is 2.23. The average Bonchev–Trinajstić information content (AvgIpc) is 3.30. The molecule has 0 aliphatic carbocycles. The summed E-state index contributed by atoms with van der Waals surface area (Å²) in [4.78, 5) is 21.4. The average molecular weight is 384 g/mol. The number of aryl methyl sites for hydroxylation is 1. The number of hydrogen-bond donors (Lipinski definition) is 0. The number of fused-ring (bicyclic) bond motifs is 1. The zero-order valence-electron chi connectivity index (χ0n) is 15.9. The zero-order valence-corrected chi connectivity index (χ0v) is 16.7. The van der Waals surface area contributed by atoms with Gasteiger partial charge in [0, 0.05) is 19.2 Å². The van der Waals surface area contributed by atoms with E-state index in [-0.39, 0.29) is 5.91 Å². The van der Waals surface area contributed by atoms with Gasteiger partial charge in [-0.05, 0) is 69.1 Å². The summed E-state index contributed by atoms with van der Waals surface area (Å²) in [5.74, 6) is 2.66. The van der Waals surface area contributed by atoms with Gasteiger partial charge in [-0.15, -0.1) is 11.3 Å². The second kappa shape index (κ2) is 7.82. The van der Waals surface area contributed by atoms with Crippen LogP contribution in [-0.4, -0.2) is 47.4 Å². The molecule has 27 heavy (non-hydrogen) atoms. The quantitative estimate of drug-likeness (QED) is 0.663. The van der Waals surface area contributed by atoms with Crippen LogP contribution in [0.15, 0.2) is 40.3 Å². The SMILES string of the molecule is Cc1ccc(CN2CCC(CN(C)C(=O)c3ccc4ncsc4c3)CC2)o1. The van der Waals surface area contributed by atoms with Gasteiger partial charge in [0.1, 0.15) is 11.5 Å². The van der Waals surface area contributed by atoms with Crippen LogP contribution in [0.3, 0.4) is 0 Å². The zero-order chi connectivity index (χ0) is 18.8. The van der Waals surface area contributed by atoms with Gasteiger partial charge in [-0.2, -0.15) is 0 Å². The smallest absolute Gasteiger partial charge is 0.253 e. The van der Waals surface area contributed by atoms with Crippen LogP contribution in [-0.2, 0) is 6.54 Å². The van der Waals surface area contributed by atoms with Crippen molar-refractivity contribution in [3.8, 4) is 0 Å². The van der Waals surface area contributed by atoms with E-state index < -0.39 is 0 Å². The van der Waals surface area contributed by atoms with Gasteiger partial charge in [-0.3, -0.25) is 9.69 Å². The molecule has 6 heteroatoms. The number of likely N-dealkylation sites (tertiary alicyclic amines) is 1. The van der Waals surface area contributed by atoms with Gasteiger partial charge in [0.25, 0.3) is 5.91 Å². The topological polar surface area (TPSA) is 49.6 Å².